The van der Waals surface area contributed by atoms with E-state index < -0.39 is 36.1 Å². The van der Waals surface area contributed by atoms with Crippen molar-refractivity contribution in [2.75, 3.05) is 13.6 Å². The van der Waals surface area contributed by atoms with E-state index in [4.69, 9.17) is 0 Å². The molecule has 5 atom stereocenters. The number of carbonyl (C=O) groups excluding carboxylic acids is 3. The van der Waals surface area contributed by atoms with Crippen molar-refractivity contribution < 1.29 is 18.8 Å². The lowest BCUT2D eigenvalue weighted by Crippen LogP contribution is -2.59. The van der Waals surface area contributed by atoms with E-state index in [-0.39, 0.29) is 23.5 Å². The molecule has 9 nitrogen and oxygen atoms in total. The molecule has 2 heterocycles. The van der Waals surface area contributed by atoms with Crippen LogP contribution >= 0.6 is 0 Å². The second-order valence-electron chi connectivity index (χ2n) is 10.5. The van der Waals surface area contributed by atoms with E-state index in [1.54, 1.807) is 37.9 Å². The minimum atomic E-state index is -1.36. The van der Waals surface area contributed by atoms with Crippen LogP contribution in [0, 0.1) is 5.92 Å². The molecular weight excluding hydrogens is 499 g/mol. The average molecular weight is 537 g/mol. The van der Waals surface area contributed by atoms with Crippen molar-refractivity contribution in [2.45, 2.75) is 70.9 Å². The Morgan fingerprint density at radius 1 is 1.13 bits per heavy atom. The lowest BCUT2D eigenvalue weighted by atomic mass is 9.95. The van der Waals surface area contributed by atoms with E-state index in [0.29, 0.717) is 18.8 Å². The Hall–Kier alpha value is -3.82. The number of nitrogens with one attached hydrogen (secondary N) is 2. The van der Waals surface area contributed by atoms with Gasteiger partial charge in [-0.2, -0.15) is 0 Å². The zero-order valence-corrected chi connectivity index (χ0v) is 22.9. The number of aliphatic imine (C=N–C) groups is 2. The summed E-state index contributed by atoms with van der Waals surface area (Å²) in [5.74, 6) is -1.25. The van der Waals surface area contributed by atoms with Crippen LogP contribution in [0.5, 0.6) is 0 Å². The van der Waals surface area contributed by atoms with E-state index in [1.807, 2.05) is 37.3 Å². The highest BCUT2D eigenvalue weighted by Gasteiger charge is 2.38. The van der Waals surface area contributed by atoms with E-state index >= 15 is 0 Å². The first-order valence-electron chi connectivity index (χ1n) is 13.5. The van der Waals surface area contributed by atoms with Gasteiger partial charge in [0.05, 0.1) is 17.7 Å². The van der Waals surface area contributed by atoms with Crippen molar-refractivity contribution >= 4 is 29.4 Å². The highest BCUT2D eigenvalue weighted by atomic mass is 19.1. The van der Waals surface area contributed by atoms with Gasteiger partial charge >= 0.3 is 6.03 Å². The van der Waals surface area contributed by atoms with Crippen LogP contribution in [0.25, 0.3) is 0 Å². The van der Waals surface area contributed by atoms with E-state index in [2.05, 4.69) is 20.6 Å². The minimum Gasteiger partial charge on any atom is -0.345 e. The lowest BCUT2D eigenvalue weighted by Gasteiger charge is -2.37. The summed E-state index contributed by atoms with van der Waals surface area (Å²) in [6, 6.07) is 7.29. The highest BCUT2D eigenvalue weighted by molar-refractivity contribution is 6.17. The van der Waals surface area contributed by atoms with Gasteiger partial charge < -0.3 is 20.4 Å². The summed E-state index contributed by atoms with van der Waals surface area (Å²) in [5.41, 5.74) is 1.57. The van der Waals surface area contributed by atoms with Crippen molar-refractivity contribution in [1.29, 1.82) is 0 Å². The number of amides is 4. The fourth-order valence-electron chi connectivity index (χ4n) is 5.03. The molecule has 0 radical (unpaired) electrons. The maximum atomic E-state index is 14.2. The van der Waals surface area contributed by atoms with Crippen LogP contribution in [0.4, 0.5) is 9.18 Å². The lowest BCUT2D eigenvalue weighted by molar-refractivity contribution is -0.142. The molecule has 1 saturated heterocycles. The Balaban J connectivity index is 1.50. The first-order valence-corrected chi connectivity index (χ1v) is 13.5. The fourth-order valence-corrected chi connectivity index (χ4v) is 5.03. The van der Waals surface area contributed by atoms with Crippen molar-refractivity contribution in [3.63, 3.8) is 0 Å². The number of hydrogen-bond donors (Lipinski definition) is 2. The molecule has 4 amide bonds. The SMILES string of the molecule is C[C@H](NC(=O)[C@@H](NC(=O)N(C)Cc1ccccc1)[C@@H](C)C(=O)N1CCCC[C@@H]1C)C1=NC2=CC=CC(F)C2=N1. The number of allylic oxidation sites excluding steroid dienone is 4. The number of piperidine rings is 1. The van der Waals surface area contributed by atoms with E-state index in [0.717, 1.165) is 24.8 Å². The summed E-state index contributed by atoms with van der Waals surface area (Å²) in [6.07, 6.45) is 6.14. The van der Waals surface area contributed by atoms with Gasteiger partial charge in [0.1, 0.15) is 11.8 Å². The van der Waals surface area contributed by atoms with Crippen LogP contribution in [-0.4, -0.2) is 77.1 Å². The molecule has 208 valence electrons. The average Bonchev–Trinajstić information content (AvgIpc) is 3.38. The molecule has 1 aromatic carbocycles. The number of fused-ring (bicyclic) bond motifs is 1. The van der Waals surface area contributed by atoms with Crippen LogP contribution in [0.15, 0.2) is 64.2 Å². The summed E-state index contributed by atoms with van der Waals surface area (Å²) in [5, 5.41) is 5.63. The van der Waals surface area contributed by atoms with Gasteiger partial charge in [0, 0.05) is 26.2 Å². The van der Waals surface area contributed by atoms with Crippen LogP contribution in [0.1, 0.15) is 45.6 Å². The first-order chi connectivity index (χ1) is 18.7. The van der Waals surface area contributed by atoms with E-state index in [1.165, 1.54) is 11.0 Å². The maximum Gasteiger partial charge on any atom is 0.318 e. The topological polar surface area (TPSA) is 106 Å². The van der Waals surface area contributed by atoms with Crippen molar-refractivity contribution in [3.8, 4) is 0 Å². The molecule has 1 fully saturated rings. The Labute approximate surface area is 228 Å². The van der Waals surface area contributed by atoms with Crippen LogP contribution in [0.2, 0.25) is 0 Å². The quantitative estimate of drug-likeness (QED) is 0.532. The van der Waals surface area contributed by atoms with Crippen molar-refractivity contribution in [2.24, 2.45) is 15.9 Å². The predicted octanol–water partition coefficient (Wildman–Crippen LogP) is 3.38. The molecule has 10 heteroatoms. The van der Waals surface area contributed by atoms with E-state index in [9.17, 15) is 18.8 Å². The number of rotatable bonds is 8. The summed E-state index contributed by atoms with van der Waals surface area (Å²) in [7, 11) is 1.64. The zero-order valence-electron chi connectivity index (χ0n) is 22.9. The molecule has 1 aromatic rings. The van der Waals surface area contributed by atoms with Gasteiger partial charge in [-0.25, -0.2) is 19.2 Å². The summed E-state index contributed by atoms with van der Waals surface area (Å²) in [4.78, 5) is 52.2. The number of urea groups is 1. The number of hydrogen-bond acceptors (Lipinski definition) is 5. The Morgan fingerprint density at radius 2 is 1.87 bits per heavy atom. The number of likely N-dealkylation sites (tertiary alicyclic amines) is 1. The normalized spacial score (nSPS) is 22.5. The highest BCUT2D eigenvalue weighted by Crippen LogP contribution is 2.22. The molecule has 1 unspecified atom stereocenters. The largest absolute Gasteiger partial charge is 0.345 e. The molecular formula is C29H37FN6O3. The van der Waals surface area contributed by atoms with Crippen molar-refractivity contribution in [1.82, 2.24) is 20.4 Å². The molecule has 2 aliphatic heterocycles. The third kappa shape index (κ3) is 6.61. The molecule has 0 bridgehead atoms. The second kappa shape index (κ2) is 12.4. The summed E-state index contributed by atoms with van der Waals surface area (Å²) in [6.45, 7) is 6.33. The number of halogens is 1. The Morgan fingerprint density at radius 3 is 2.56 bits per heavy atom. The molecule has 2 N–H and O–H groups in total. The number of alkyl halides is 1. The molecule has 1 aliphatic carbocycles. The third-order valence-electron chi connectivity index (χ3n) is 7.42. The first kappa shape index (κ1) is 28.2. The van der Waals surface area contributed by atoms with Gasteiger partial charge in [0.25, 0.3) is 0 Å². The van der Waals surface area contributed by atoms with Crippen LogP contribution in [-0.2, 0) is 16.1 Å². The smallest absolute Gasteiger partial charge is 0.318 e. The Bertz CT molecular complexity index is 1210. The van der Waals surface area contributed by atoms with Gasteiger partial charge in [-0.05, 0) is 50.8 Å². The fraction of sp³-hybridized carbons (Fsp3) is 0.483. The van der Waals surface area contributed by atoms with Crippen LogP contribution in [0.3, 0.4) is 0 Å². The van der Waals surface area contributed by atoms with Crippen molar-refractivity contribution in [3.05, 3.63) is 59.8 Å². The molecule has 0 aromatic heterocycles. The van der Waals surface area contributed by atoms with Crippen LogP contribution < -0.4 is 10.6 Å². The molecule has 0 saturated carbocycles. The predicted molar refractivity (Wildman–Crippen MR) is 149 cm³/mol. The minimum absolute atomic E-state index is 0.0651. The molecule has 39 heavy (non-hydrogen) atoms. The second-order valence-corrected chi connectivity index (χ2v) is 10.5. The number of nitrogens with zero attached hydrogens (tertiary/aromatic N) is 4. The summed E-state index contributed by atoms with van der Waals surface area (Å²) >= 11 is 0. The van der Waals surface area contributed by atoms with Gasteiger partial charge in [-0.15, -0.1) is 0 Å². The monoisotopic (exact) mass is 536 g/mol. The number of carbonyl (C=O) groups is 3. The molecule has 3 aliphatic rings. The standard InChI is InChI=1S/C29H37FN6O3/c1-18-11-8-9-16-36(18)28(38)19(2)24(34-29(39)35(4)17-21-12-6-5-7-13-21)27(37)31-20(3)26-32-23-15-10-14-22(30)25(23)33-26/h5-7,10,12-15,18-20,22,24H,8-9,11,16-17H2,1-4H3,(H,31,37)(H,34,39)/t18-,19+,20-,22?,24-/m0/s1. The summed E-state index contributed by atoms with van der Waals surface area (Å²) < 4.78 is 14.2. The molecule has 4 rings (SSSR count). The molecule has 0 spiro atoms. The number of benzene rings is 1. The van der Waals surface area contributed by atoms with Gasteiger partial charge in [-0.3, -0.25) is 9.59 Å². The maximum absolute atomic E-state index is 14.2. The van der Waals surface area contributed by atoms with Gasteiger partial charge in [0.15, 0.2) is 12.0 Å². The Kier molecular flexibility index (Phi) is 8.93. The van der Waals surface area contributed by atoms with Gasteiger partial charge in [0.2, 0.25) is 11.8 Å². The number of amidine groups is 1. The third-order valence-corrected chi connectivity index (χ3v) is 7.42. The zero-order chi connectivity index (χ0) is 28.1. The van der Waals surface area contributed by atoms with Gasteiger partial charge in [-0.1, -0.05) is 43.3 Å².